The van der Waals surface area contributed by atoms with Gasteiger partial charge in [0.1, 0.15) is 0 Å². The van der Waals surface area contributed by atoms with Gasteiger partial charge in [-0.25, -0.2) is 0 Å². The van der Waals surface area contributed by atoms with E-state index in [-0.39, 0.29) is 0 Å². The summed E-state index contributed by atoms with van der Waals surface area (Å²) in [6.07, 6.45) is 5.26. The standard InChI is InChI=1S/C10H18N2/c1-7(8-3-4-8)12(2)10(11)9-5-6-9/h7-9,11H,3-6H2,1-2H3. The Balaban J connectivity index is 1.88. The largest absolute Gasteiger partial charge is 0.360 e. The first-order chi connectivity index (χ1) is 5.70. The molecule has 0 bridgehead atoms. The third-order valence-electron chi connectivity index (χ3n) is 3.26. The molecule has 0 saturated heterocycles. The molecule has 68 valence electrons. The molecule has 2 nitrogen and oxygen atoms in total. The summed E-state index contributed by atoms with van der Waals surface area (Å²) in [7, 11) is 2.09. The van der Waals surface area contributed by atoms with Crippen LogP contribution in [0.4, 0.5) is 0 Å². The molecule has 2 rings (SSSR count). The van der Waals surface area contributed by atoms with Gasteiger partial charge in [0, 0.05) is 19.0 Å². The Kier molecular flexibility index (Phi) is 1.85. The van der Waals surface area contributed by atoms with Crippen molar-refractivity contribution in [3.8, 4) is 0 Å². The predicted octanol–water partition coefficient (Wildman–Crippen LogP) is 2.10. The highest BCUT2D eigenvalue weighted by Crippen LogP contribution is 2.37. The van der Waals surface area contributed by atoms with Gasteiger partial charge in [-0.15, -0.1) is 0 Å². The number of hydrogen-bond acceptors (Lipinski definition) is 1. The quantitative estimate of drug-likeness (QED) is 0.504. The van der Waals surface area contributed by atoms with E-state index in [1.807, 2.05) is 0 Å². The number of hydrogen-bond donors (Lipinski definition) is 1. The van der Waals surface area contributed by atoms with E-state index in [1.54, 1.807) is 0 Å². The molecule has 1 unspecified atom stereocenters. The second kappa shape index (κ2) is 2.75. The van der Waals surface area contributed by atoms with Crippen LogP contribution in [0.15, 0.2) is 0 Å². The first-order valence-electron chi connectivity index (χ1n) is 5.01. The highest BCUT2D eigenvalue weighted by Gasteiger charge is 2.35. The van der Waals surface area contributed by atoms with Crippen LogP contribution in [0.1, 0.15) is 32.6 Å². The van der Waals surface area contributed by atoms with Crippen molar-refractivity contribution in [1.29, 1.82) is 5.41 Å². The van der Waals surface area contributed by atoms with Crippen molar-refractivity contribution in [2.24, 2.45) is 11.8 Å². The van der Waals surface area contributed by atoms with Gasteiger partial charge in [-0.3, -0.25) is 5.41 Å². The zero-order valence-corrected chi connectivity index (χ0v) is 8.01. The molecule has 0 heterocycles. The van der Waals surface area contributed by atoms with Gasteiger partial charge < -0.3 is 4.90 Å². The lowest BCUT2D eigenvalue weighted by Gasteiger charge is -2.27. The number of rotatable bonds is 3. The second-order valence-electron chi connectivity index (χ2n) is 4.35. The van der Waals surface area contributed by atoms with Crippen molar-refractivity contribution in [1.82, 2.24) is 4.90 Å². The first kappa shape index (κ1) is 8.09. The molecule has 1 atom stereocenters. The molecule has 2 saturated carbocycles. The lowest BCUT2D eigenvalue weighted by molar-refractivity contribution is 0.343. The van der Waals surface area contributed by atoms with Gasteiger partial charge in [0.25, 0.3) is 0 Å². The molecule has 0 aromatic rings. The molecule has 0 amide bonds. The van der Waals surface area contributed by atoms with Crippen LogP contribution < -0.4 is 0 Å². The molecular formula is C10H18N2. The van der Waals surface area contributed by atoms with Gasteiger partial charge in [-0.05, 0) is 38.5 Å². The minimum Gasteiger partial charge on any atom is -0.360 e. The molecule has 1 N–H and O–H groups in total. The zero-order valence-electron chi connectivity index (χ0n) is 8.01. The smallest absolute Gasteiger partial charge is 0.0989 e. The van der Waals surface area contributed by atoms with Gasteiger partial charge in [0.05, 0.1) is 5.84 Å². The van der Waals surface area contributed by atoms with Crippen molar-refractivity contribution in [3.05, 3.63) is 0 Å². The number of nitrogens with one attached hydrogen (secondary N) is 1. The fraction of sp³-hybridized carbons (Fsp3) is 0.900. The lowest BCUT2D eigenvalue weighted by atomic mass is 10.2. The summed E-state index contributed by atoms with van der Waals surface area (Å²) in [5.41, 5.74) is 0. The molecular weight excluding hydrogens is 148 g/mol. The predicted molar refractivity (Wildman–Crippen MR) is 50.4 cm³/mol. The van der Waals surface area contributed by atoms with Gasteiger partial charge in [0.15, 0.2) is 0 Å². The summed E-state index contributed by atoms with van der Waals surface area (Å²) in [5.74, 6) is 2.37. The van der Waals surface area contributed by atoms with Crippen molar-refractivity contribution < 1.29 is 0 Å². The summed E-state index contributed by atoms with van der Waals surface area (Å²) in [6, 6.07) is 0.609. The number of amidine groups is 1. The summed E-state index contributed by atoms with van der Waals surface area (Å²) >= 11 is 0. The molecule has 2 heteroatoms. The van der Waals surface area contributed by atoms with Crippen LogP contribution in [0.3, 0.4) is 0 Å². The molecule has 0 spiro atoms. The van der Waals surface area contributed by atoms with Crippen LogP contribution in [0.2, 0.25) is 0 Å². The van der Waals surface area contributed by atoms with Gasteiger partial charge in [-0.2, -0.15) is 0 Å². The van der Waals surface area contributed by atoms with Gasteiger partial charge in [0.2, 0.25) is 0 Å². The van der Waals surface area contributed by atoms with Gasteiger partial charge in [-0.1, -0.05) is 0 Å². The fourth-order valence-corrected chi connectivity index (χ4v) is 1.76. The van der Waals surface area contributed by atoms with E-state index >= 15 is 0 Å². The molecule has 0 aromatic carbocycles. The summed E-state index contributed by atoms with van der Waals surface area (Å²) < 4.78 is 0. The van der Waals surface area contributed by atoms with Crippen LogP contribution >= 0.6 is 0 Å². The highest BCUT2D eigenvalue weighted by atomic mass is 15.2. The average molecular weight is 166 g/mol. The van der Waals surface area contributed by atoms with Crippen LogP contribution in [-0.2, 0) is 0 Å². The Morgan fingerprint density at radius 1 is 1.33 bits per heavy atom. The van der Waals surface area contributed by atoms with Crippen molar-refractivity contribution in [3.63, 3.8) is 0 Å². The molecule has 2 fully saturated rings. The second-order valence-corrected chi connectivity index (χ2v) is 4.35. The molecule has 12 heavy (non-hydrogen) atoms. The molecule has 0 aromatic heterocycles. The average Bonchev–Trinajstić information content (AvgIpc) is 2.90. The first-order valence-corrected chi connectivity index (χ1v) is 5.01. The lowest BCUT2D eigenvalue weighted by Crippen LogP contribution is -2.36. The van der Waals surface area contributed by atoms with Crippen molar-refractivity contribution in [2.75, 3.05) is 7.05 Å². The fourth-order valence-electron chi connectivity index (χ4n) is 1.76. The maximum atomic E-state index is 7.89. The Bertz CT molecular complexity index is 192. The van der Waals surface area contributed by atoms with Crippen LogP contribution in [0, 0.1) is 17.2 Å². The zero-order chi connectivity index (χ0) is 8.72. The van der Waals surface area contributed by atoms with E-state index in [4.69, 9.17) is 5.41 Å². The van der Waals surface area contributed by atoms with E-state index in [0.29, 0.717) is 12.0 Å². The Labute approximate surface area is 74.5 Å². The van der Waals surface area contributed by atoms with Gasteiger partial charge >= 0.3 is 0 Å². The maximum Gasteiger partial charge on any atom is 0.0989 e. The molecule has 0 aliphatic heterocycles. The van der Waals surface area contributed by atoms with E-state index in [0.717, 1.165) is 11.8 Å². The maximum absolute atomic E-state index is 7.89. The van der Waals surface area contributed by atoms with E-state index in [9.17, 15) is 0 Å². The van der Waals surface area contributed by atoms with Crippen LogP contribution in [0.5, 0.6) is 0 Å². The van der Waals surface area contributed by atoms with Crippen molar-refractivity contribution in [2.45, 2.75) is 38.6 Å². The monoisotopic (exact) mass is 166 g/mol. The third kappa shape index (κ3) is 1.47. The SMILES string of the molecule is CC(C1CC1)N(C)C(=N)C1CC1. The third-order valence-corrected chi connectivity index (χ3v) is 3.26. The topological polar surface area (TPSA) is 27.1 Å². The van der Waals surface area contributed by atoms with Crippen LogP contribution in [0.25, 0.3) is 0 Å². The Morgan fingerprint density at radius 3 is 2.33 bits per heavy atom. The van der Waals surface area contributed by atoms with Crippen molar-refractivity contribution >= 4 is 5.84 Å². The Hall–Kier alpha value is -0.530. The normalized spacial score (nSPS) is 25.2. The summed E-state index contributed by atoms with van der Waals surface area (Å²) in [6.45, 7) is 2.26. The summed E-state index contributed by atoms with van der Waals surface area (Å²) in [4.78, 5) is 2.19. The van der Waals surface area contributed by atoms with E-state index < -0.39 is 0 Å². The summed E-state index contributed by atoms with van der Waals surface area (Å²) in [5, 5.41) is 7.89. The highest BCUT2D eigenvalue weighted by molar-refractivity contribution is 5.83. The molecule has 2 aliphatic rings. The Morgan fingerprint density at radius 2 is 1.92 bits per heavy atom. The van der Waals surface area contributed by atoms with E-state index in [2.05, 4.69) is 18.9 Å². The minimum absolute atomic E-state index is 0.608. The molecule has 0 radical (unpaired) electrons. The number of nitrogens with zero attached hydrogens (tertiary/aromatic N) is 1. The van der Waals surface area contributed by atoms with E-state index in [1.165, 1.54) is 25.7 Å². The molecule has 2 aliphatic carbocycles. The van der Waals surface area contributed by atoms with Crippen LogP contribution in [-0.4, -0.2) is 23.8 Å². The minimum atomic E-state index is 0.608.